The molecule has 2 unspecified atom stereocenters. The molecule has 0 saturated carbocycles. The van der Waals surface area contributed by atoms with Gasteiger partial charge in [-0.3, -0.25) is 4.57 Å². The monoisotopic (exact) mass is 230 g/mol. The number of aliphatic carboxylic acids is 1. The molecule has 82 valence electrons. The number of benzene rings is 1. The zero-order valence-corrected chi connectivity index (χ0v) is 8.89. The summed E-state index contributed by atoms with van der Waals surface area (Å²) in [6, 6.07) is 7.22. The van der Waals surface area contributed by atoms with Crippen molar-refractivity contribution >= 4 is 18.6 Å². The first-order valence-electron chi connectivity index (χ1n) is 4.14. The molecular weight excluding hydrogens is 219 g/mol. The van der Waals surface area contributed by atoms with Crippen molar-refractivity contribution in [3.8, 4) is 0 Å². The third-order valence-electron chi connectivity index (χ3n) is 2.10. The summed E-state index contributed by atoms with van der Waals surface area (Å²) in [5.41, 5.74) is 0. The van der Waals surface area contributed by atoms with Crippen molar-refractivity contribution in [3.05, 3.63) is 30.3 Å². The molecule has 1 rings (SSSR count). The van der Waals surface area contributed by atoms with Crippen molar-refractivity contribution in [1.82, 2.24) is 0 Å². The maximum Gasteiger partial charge on any atom is 0.345 e. The second-order valence-corrected chi connectivity index (χ2v) is 5.78. The van der Waals surface area contributed by atoms with Gasteiger partial charge in [-0.05, 0) is 19.1 Å². The number of aliphatic hydroxyl groups is 1. The summed E-state index contributed by atoms with van der Waals surface area (Å²) in [6.07, 6.45) is 0. The number of carboxylic acid groups (broad SMARTS) is 1. The van der Waals surface area contributed by atoms with Crippen LogP contribution in [0.2, 0.25) is 0 Å². The zero-order chi connectivity index (χ0) is 11.7. The Labute approximate surface area is 86.4 Å². The van der Waals surface area contributed by atoms with Crippen molar-refractivity contribution < 1.29 is 24.5 Å². The van der Waals surface area contributed by atoms with Gasteiger partial charge in [0, 0.05) is 5.30 Å². The zero-order valence-electron chi connectivity index (χ0n) is 7.99. The van der Waals surface area contributed by atoms with E-state index in [1.54, 1.807) is 6.07 Å². The molecular formula is C9H11O5P. The quantitative estimate of drug-likeness (QED) is 0.652. The summed E-state index contributed by atoms with van der Waals surface area (Å²) < 4.78 is 11.8. The van der Waals surface area contributed by atoms with Crippen LogP contribution in [0.5, 0.6) is 0 Å². The van der Waals surface area contributed by atoms with E-state index < -0.39 is 18.7 Å². The van der Waals surface area contributed by atoms with Crippen molar-refractivity contribution in [1.29, 1.82) is 0 Å². The number of carboxylic acids is 1. The SMILES string of the molecule is CC(O)(C(=O)O)P(=O)(O)c1ccccc1. The van der Waals surface area contributed by atoms with Gasteiger partial charge in [-0.15, -0.1) is 0 Å². The van der Waals surface area contributed by atoms with E-state index in [0.29, 0.717) is 0 Å². The highest BCUT2D eigenvalue weighted by Gasteiger charge is 2.49. The van der Waals surface area contributed by atoms with Gasteiger partial charge in [-0.25, -0.2) is 4.79 Å². The summed E-state index contributed by atoms with van der Waals surface area (Å²) >= 11 is 0. The smallest absolute Gasteiger partial charge is 0.345 e. The molecule has 6 heteroatoms. The minimum atomic E-state index is -4.35. The summed E-state index contributed by atoms with van der Waals surface area (Å²) in [4.78, 5) is 20.3. The van der Waals surface area contributed by atoms with E-state index in [0.717, 1.165) is 6.92 Å². The van der Waals surface area contributed by atoms with Gasteiger partial charge in [-0.2, -0.15) is 0 Å². The molecule has 0 heterocycles. The van der Waals surface area contributed by atoms with Gasteiger partial charge in [-0.1, -0.05) is 18.2 Å². The van der Waals surface area contributed by atoms with Gasteiger partial charge in [0.05, 0.1) is 0 Å². The van der Waals surface area contributed by atoms with Crippen LogP contribution in [0.15, 0.2) is 30.3 Å². The van der Waals surface area contributed by atoms with E-state index in [4.69, 9.17) is 5.11 Å². The van der Waals surface area contributed by atoms with Crippen LogP contribution in [0.3, 0.4) is 0 Å². The van der Waals surface area contributed by atoms with Crippen LogP contribution in [-0.4, -0.2) is 26.4 Å². The molecule has 0 spiro atoms. The van der Waals surface area contributed by atoms with Gasteiger partial charge < -0.3 is 15.1 Å². The summed E-state index contributed by atoms with van der Waals surface area (Å²) in [5.74, 6) is -1.72. The molecule has 0 aliphatic carbocycles. The topological polar surface area (TPSA) is 94.8 Å². The van der Waals surface area contributed by atoms with Crippen molar-refractivity contribution in [2.24, 2.45) is 0 Å². The molecule has 3 N–H and O–H groups in total. The average molecular weight is 230 g/mol. The molecule has 15 heavy (non-hydrogen) atoms. The van der Waals surface area contributed by atoms with E-state index >= 15 is 0 Å². The van der Waals surface area contributed by atoms with Crippen molar-refractivity contribution in [3.63, 3.8) is 0 Å². The summed E-state index contributed by atoms with van der Waals surface area (Å²) in [7, 11) is -4.35. The van der Waals surface area contributed by atoms with Gasteiger partial charge in [0.1, 0.15) is 0 Å². The van der Waals surface area contributed by atoms with E-state index in [-0.39, 0.29) is 5.30 Å². The first-order chi connectivity index (χ1) is 6.80. The molecule has 0 radical (unpaired) electrons. The third-order valence-corrected chi connectivity index (χ3v) is 4.47. The van der Waals surface area contributed by atoms with Gasteiger partial charge in [0.2, 0.25) is 5.34 Å². The molecule has 0 aliphatic rings. The molecule has 0 bridgehead atoms. The van der Waals surface area contributed by atoms with Crippen LogP contribution in [0, 0.1) is 0 Å². The Morgan fingerprint density at radius 1 is 1.33 bits per heavy atom. The Hall–Kier alpha value is -1.16. The number of hydrogen-bond acceptors (Lipinski definition) is 3. The Kier molecular flexibility index (Phi) is 3.00. The molecule has 2 atom stereocenters. The van der Waals surface area contributed by atoms with Crippen LogP contribution in [0.25, 0.3) is 0 Å². The second kappa shape index (κ2) is 3.77. The first kappa shape index (κ1) is 11.9. The maximum absolute atomic E-state index is 11.8. The van der Waals surface area contributed by atoms with E-state index in [1.165, 1.54) is 24.3 Å². The fraction of sp³-hybridized carbons (Fsp3) is 0.222. The maximum atomic E-state index is 11.8. The third kappa shape index (κ3) is 1.95. The predicted octanol–water partition coefficient (Wildman–Crippen LogP) is 0.375. The molecule has 0 aliphatic heterocycles. The molecule has 0 fully saturated rings. The first-order valence-corrected chi connectivity index (χ1v) is 5.80. The lowest BCUT2D eigenvalue weighted by molar-refractivity contribution is -0.149. The average Bonchev–Trinajstić information content (AvgIpc) is 2.18. The lowest BCUT2D eigenvalue weighted by Crippen LogP contribution is -2.38. The van der Waals surface area contributed by atoms with Crippen molar-refractivity contribution in [2.75, 3.05) is 0 Å². The highest BCUT2D eigenvalue weighted by molar-refractivity contribution is 7.68. The summed E-state index contributed by atoms with van der Waals surface area (Å²) in [5, 5.41) is 15.4. The minimum absolute atomic E-state index is 0.0857. The second-order valence-electron chi connectivity index (χ2n) is 3.24. The van der Waals surface area contributed by atoms with Gasteiger partial charge in [0.25, 0.3) is 7.37 Å². The predicted molar refractivity (Wildman–Crippen MR) is 54.2 cm³/mol. The normalized spacial score (nSPS) is 18.9. The Morgan fingerprint density at radius 2 is 1.80 bits per heavy atom. The van der Waals surface area contributed by atoms with Crippen LogP contribution in [0.1, 0.15) is 6.92 Å². The number of rotatable bonds is 3. The van der Waals surface area contributed by atoms with Crippen LogP contribution in [0.4, 0.5) is 0 Å². The molecule has 0 amide bonds. The molecule has 1 aromatic carbocycles. The van der Waals surface area contributed by atoms with Crippen LogP contribution in [-0.2, 0) is 9.36 Å². The van der Waals surface area contributed by atoms with Gasteiger partial charge >= 0.3 is 5.97 Å². The van der Waals surface area contributed by atoms with Gasteiger partial charge in [0.15, 0.2) is 0 Å². The largest absolute Gasteiger partial charge is 0.479 e. The Bertz CT molecular complexity index is 412. The molecule has 0 saturated heterocycles. The Balaban J connectivity index is 3.26. The fourth-order valence-electron chi connectivity index (χ4n) is 1.01. The number of hydrogen-bond donors (Lipinski definition) is 3. The van der Waals surface area contributed by atoms with Crippen LogP contribution >= 0.6 is 7.37 Å². The number of carbonyl (C=O) groups is 1. The van der Waals surface area contributed by atoms with Crippen LogP contribution < -0.4 is 5.30 Å². The van der Waals surface area contributed by atoms with E-state index in [2.05, 4.69) is 0 Å². The van der Waals surface area contributed by atoms with E-state index in [9.17, 15) is 19.4 Å². The standard InChI is InChI=1S/C9H11O5P/c1-9(12,8(10)11)15(13,14)7-5-3-2-4-6-7/h2-6,12H,1H3,(H,10,11)(H,13,14). The molecule has 5 nitrogen and oxygen atoms in total. The lowest BCUT2D eigenvalue weighted by Gasteiger charge is -2.24. The Morgan fingerprint density at radius 3 is 2.20 bits per heavy atom. The fourth-order valence-corrected chi connectivity index (χ4v) is 2.35. The minimum Gasteiger partial charge on any atom is -0.479 e. The summed E-state index contributed by atoms with van der Waals surface area (Å²) in [6.45, 7) is 0.809. The highest BCUT2D eigenvalue weighted by Crippen LogP contribution is 2.51. The molecule has 1 aromatic rings. The lowest BCUT2D eigenvalue weighted by atomic mass is 10.4. The highest BCUT2D eigenvalue weighted by atomic mass is 31.2. The van der Waals surface area contributed by atoms with E-state index in [1.807, 2.05) is 0 Å². The molecule has 0 aromatic heterocycles. The van der Waals surface area contributed by atoms with Crippen molar-refractivity contribution in [2.45, 2.75) is 12.3 Å².